The number of benzene rings is 1. The van der Waals surface area contributed by atoms with Crippen LogP contribution in [-0.2, 0) is 4.79 Å². The van der Waals surface area contributed by atoms with Crippen molar-refractivity contribution in [3.05, 3.63) is 34.6 Å². The van der Waals surface area contributed by atoms with Crippen molar-refractivity contribution < 1.29 is 4.79 Å². The molecule has 1 aromatic carbocycles. The lowest BCUT2D eigenvalue weighted by atomic mass is 9.84. The van der Waals surface area contributed by atoms with E-state index in [9.17, 15) is 9.59 Å². The molecule has 30 heavy (non-hydrogen) atoms. The molecule has 4 atom stereocenters. The quantitative estimate of drug-likeness (QED) is 0.545. The maximum atomic E-state index is 13.2. The van der Waals surface area contributed by atoms with Gasteiger partial charge in [0.25, 0.3) is 5.56 Å². The van der Waals surface area contributed by atoms with Gasteiger partial charge in [0, 0.05) is 12.1 Å². The smallest absolute Gasteiger partial charge is 0.262 e. The Morgan fingerprint density at radius 2 is 2.00 bits per heavy atom. The van der Waals surface area contributed by atoms with Crippen LogP contribution >= 0.6 is 11.8 Å². The molecule has 1 N–H and O–H groups in total. The maximum absolute atomic E-state index is 13.2. The Kier molecular flexibility index (Phi) is 5.61. The Labute approximate surface area is 182 Å². The van der Waals surface area contributed by atoms with Crippen molar-refractivity contribution in [2.24, 2.45) is 17.8 Å². The molecule has 1 amide bonds. The lowest BCUT2D eigenvalue weighted by molar-refractivity contribution is -0.119. The number of nitrogens with zero attached hydrogens (tertiary/aromatic N) is 2. The molecule has 0 saturated heterocycles. The van der Waals surface area contributed by atoms with Crippen LogP contribution in [0.4, 0.5) is 0 Å². The predicted molar refractivity (Wildman–Crippen MR) is 121 cm³/mol. The standard InChI is InChI=1S/C24H31N3O2S/c1-15(20-13-16-10-11-17(20)12-16)25-22(28)14-30-24-26-21-9-5-4-8-19(21)23(29)27(24)18-6-2-3-7-18/h4-5,8-9,15-18,20H,2-3,6-7,10-14H2,1H3,(H,25,28). The van der Waals surface area contributed by atoms with Gasteiger partial charge in [-0.25, -0.2) is 4.98 Å². The molecule has 4 unspecified atom stereocenters. The van der Waals surface area contributed by atoms with Crippen molar-refractivity contribution in [2.45, 2.75) is 75.5 Å². The van der Waals surface area contributed by atoms with Gasteiger partial charge in [0.15, 0.2) is 5.16 Å². The minimum absolute atomic E-state index is 0.0331. The Morgan fingerprint density at radius 3 is 2.73 bits per heavy atom. The number of para-hydroxylation sites is 1. The van der Waals surface area contributed by atoms with Gasteiger partial charge >= 0.3 is 0 Å². The molecule has 3 fully saturated rings. The van der Waals surface area contributed by atoms with Gasteiger partial charge in [-0.05, 0) is 68.9 Å². The molecule has 0 radical (unpaired) electrons. The van der Waals surface area contributed by atoms with Crippen LogP contribution in [0, 0.1) is 17.8 Å². The van der Waals surface area contributed by atoms with E-state index in [1.165, 1.54) is 37.4 Å². The molecule has 3 saturated carbocycles. The van der Waals surface area contributed by atoms with Gasteiger partial charge in [0.1, 0.15) is 0 Å². The number of hydrogen-bond donors (Lipinski definition) is 1. The third-order valence-corrected chi connectivity index (χ3v) is 8.57. The summed E-state index contributed by atoms with van der Waals surface area (Å²) in [6, 6.07) is 7.98. The van der Waals surface area contributed by atoms with Crippen LogP contribution in [-0.4, -0.2) is 27.3 Å². The second-order valence-corrected chi connectivity index (χ2v) is 10.5. The first-order valence-corrected chi connectivity index (χ1v) is 12.5. The number of fused-ring (bicyclic) bond motifs is 3. The van der Waals surface area contributed by atoms with Gasteiger partial charge in [0.05, 0.1) is 16.7 Å². The minimum Gasteiger partial charge on any atom is -0.353 e. The molecule has 2 bridgehead atoms. The normalized spacial score (nSPS) is 27.0. The van der Waals surface area contributed by atoms with Crippen LogP contribution in [0.3, 0.4) is 0 Å². The number of hydrogen-bond acceptors (Lipinski definition) is 4. The monoisotopic (exact) mass is 425 g/mol. The molecule has 3 aliphatic carbocycles. The van der Waals surface area contributed by atoms with Crippen molar-refractivity contribution >= 4 is 28.6 Å². The first-order valence-electron chi connectivity index (χ1n) is 11.5. The summed E-state index contributed by atoms with van der Waals surface area (Å²) in [5.74, 6) is 2.68. The van der Waals surface area contributed by atoms with Gasteiger partial charge in [-0.1, -0.05) is 43.2 Å². The van der Waals surface area contributed by atoms with Gasteiger partial charge in [-0.2, -0.15) is 0 Å². The molecule has 0 spiro atoms. The van der Waals surface area contributed by atoms with Crippen LogP contribution in [0.5, 0.6) is 0 Å². The van der Waals surface area contributed by atoms with E-state index in [2.05, 4.69) is 12.2 Å². The molecule has 3 aliphatic rings. The van der Waals surface area contributed by atoms with Crippen molar-refractivity contribution in [1.82, 2.24) is 14.9 Å². The summed E-state index contributed by atoms with van der Waals surface area (Å²) in [5.41, 5.74) is 0.751. The number of aromatic nitrogens is 2. The van der Waals surface area contributed by atoms with Crippen molar-refractivity contribution in [1.29, 1.82) is 0 Å². The Bertz CT molecular complexity index is 998. The topological polar surface area (TPSA) is 64.0 Å². The van der Waals surface area contributed by atoms with E-state index in [4.69, 9.17) is 4.98 Å². The van der Waals surface area contributed by atoms with Crippen LogP contribution < -0.4 is 10.9 Å². The number of amides is 1. The average Bonchev–Trinajstić information content (AvgIpc) is 3.51. The van der Waals surface area contributed by atoms with Crippen LogP contribution in [0.1, 0.15) is 64.3 Å². The van der Waals surface area contributed by atoms with E-state index in [-0.39, 0.29) is 23.6 Å². The summed E-state index contributed by atoms with van der Waals surface area (Å²) in [6.45, 7) is 2.16. The largest absolute Gasteiger partial charge is 0.353 e. The van der Waals surface area contributed by atoms with Crippen molar-refractivity contribution in [3.8, 4) is 0 Å². The average molecular weight is 426 g/mol. The SMILES string of the molecule is CC(NC(=O)CSc1nc2ccccc2c(=O)n1C1CCCC1)C1CC2CCC1C2. The van der Waals surface area contributed by atoms with Crippen molar-refractivity contribution in [2.75, 3.05) is 5.75 Å². The van der Waals surface area contributed by atoms with Gasteiger partial charge in [-0.3, -0.25) is 14.2 Å². The fourth-order valence-electron chi connectivity index (χ4n) is 6.15. The molecular formula is C24H31N3O2S. The summed E-state index contributed by atoms with van der Waals surface area (Å²) < 4.78 is 1.87. The molecular weight excluding hydrogens is 394 g/mol. The van der Waals surface area contributed by atoms with E-state index in [1.54, 1.807) is 0 Å². The van der Waals surface area contributed by atoms with Crippen molar-refractivity contribution in [3.63, 3.8) is 0 Å². The Balaban J connectivity index is 1.31. The highest BCUT2D eigenvalue weighted by Gasteiger charge is 2.42. The first kappa shape index (κ1) is 20.1. The fraction of sp³-hybridized carbons (Fsp3) is 0.625. The third-order valence-electron chi connectivity index (χ3n) is 7.62. The molecule has 2 aromatic rings. The maximum Gasteiger partial charge on any atom is 0.262 e. The molecule has 1 heterocycles. The van der Waals surface area contributed by atoms with E-state index in [0.717, 1.165) is 43.0 Å². The molecule has 6 heteroatoms. The van der Waals surface area contributed by atoms with Crippen LogP contribution in [0.25, 0.3) is 10.9 Å². The number of nitrogens with one attached hydrogen (secondary N) is 1. The van der Waals surface area contributed by atoms with Crippen LogP contribution in [0.15, 0.2) is 34.2 Å². The van der Waals surface area contributed by atoms with Crippen LogP contribution in [0.2, 0.25) is 0 Å². The molecule has 5 nitrogen and oxygen atoms in total. The second kappa shape index (κ2) is 8.37. The van der Waals surface area contributed by atoms with E-state index < -0.39 is 0 Å². The summed E-state index contributed by atoms with van der Waals surface area (Å²) in [7, 11) is 0. The van der Waals surface area contributed by atoms with E-state index >= 15 is 0 Å². The lowest BCUT2D eigenvalue weighted by Gasteiger charge is -2.28. The highest BCUT2D eigenvalue weighted by Crippen LogP contribution is 2.49. The molecule has 0 aliphatic heterocycles. The Hall–Kier alpha value is -1.82. The molecule has 1 aromatic heterocycles. The van der Waals surface area contributed by atoms with Gasteiger partial charge < -0.3 is 5.32 Å². The summed E-state index contributed by atoms with van der Waals surface area (Å²) in [4.78, 5) is 30.7. The first-order chi connectivity index (χ1) is 14.6. The van der Waals surface area contributed by atoms with Gasteiger partial charge in [0.2, 0.25) is 5.91 Å². The second-order valence-electron chi connectivity index (χ2n) is 9.51. The summed E-state index contributed by atoms with van der Waals surface area (Å²) in [6.07, 6.45) is 9.66. The fourth-order valence-corrected chi connectivity index (χ4v) is 7.03. The number of carbonyl (C=O) groups excluding carboxylic acids is 1. The predicted octanol–water partition coefficient (Wildman–Crippen LogP) is 4.54. The lowest BCUT2D eigenvalue weighted by Crippen LogP contribution is -2.41. The molecule has 160 valence electrons. The number of rotatable bonds is 6. The van der Waals surface area contributed by atoms with Gasteiger partial charge in [-0.15, -0.1) is 0 Å². The summed E-state index contributed by atoms with van der Waals surface area (Å²) >= 11 is 1.41. The highest BCUT2D eigenvalue weighted by molar-refractivity contribution is 7.99. The Morgan fingerprint density at radius 1 is 1.20 bits per heavy atom. The van der Waals surface area contributed by atoms with E-state index in [0.29, 0.717) is 22.2 Å². The zero-order chi connectivity index (χ0) is 20.7. The number of carbonyl (C=O) groups is 1. The number of thioether (sulfide) groups is 1. The highest BCUT2D eigenvalue weighted by atomic mass is 32.2. The summed E-state index contributed by atoms with van der Waals surface area (Å²) in [5, 5.41) is 4.60. The van der Waals surface area contributed by atoms with E-state index in [1.807, 2.05) is 28.8 Å². The molecule has 5 rings (SSSR count). The third kappa shape index (κ3) is 3.79. The zero-order valence-electron chi connectivity index (χ0n) is 17.7. The zero-order valence-corrected chi connectivity index (χ0v) is 18.5. The minimum atomic E-state index is 0.0331.